The molecule has 0 unspecified atom stereocenters. The normalized spacial score (nSPS) is 15.3. The molecule has 0 spiro atoms. The van der Waals surface area contributed by atoms with Gasteiger partial charge in [-0.15, -0.1) is 11.3 Å². The minimum absolute atomic E-state index is 0.121. The van der Waals surface area contributed by atoms with Crippen LogP contribution < -0.4 is 10.2 Å². The third-order valence-electron chi connectivity index (χ3n) is 8.05. The van der Waals surface area contributed by atoms with Crippen LogP contribution in [0.15, 0.2) is 103 Å². The molecule has 0 bridgehead atoms. The quantitative estimate of drug-likeness (QED) is 0.205. The number of carboxylic acid groups (broad SMARTS) is 1. The van der Waals surface area contributed by atoms with Crippen LogP contribution in [-0.4, -0.2) is 81.5 Å². The van der Waals surface area contributed by atoms with Gasteiger partial charge in [-0.3, -0.25) is 9.88 Å². The molecule has 1 fully saturated rings. The minimum atomic E-state index is -1.11. The Morgan fingerprint density at radius 3 is 2.02 bits per heavy atom. The van der Waals surface area contributed by atoms with Crippen LogP contribution in [0.4, 0.5) is 15.3 Å². The van der Waals surface area contributed by atoms with E-state index in [0.29, 0.717) is 25.9 Å². The molecular formula is C34H39N5O4S. The van der Waals surface area contributed by atoms with Crippen LogP contribution in [0.1, 0.15) is 22.4 Å². The van der Waals surface area contributed by atoms with Gasteiger partial charge in [-0.1, -0.05) is 78.9 Å². The zero-order chi connectivity index (χ0) is 30.7. The number of anilines is 1. The van der Waals surface area contributed by atoms with Crippen LogP contribution in [0.2, 0.25) is 0 Å². The van der Waals surface area contributed by atoms with Crippen LogP contribution in [-0.2, 0) is 19.4 Å². The first kappa shape index (κ1) is 31.0. The third-order valence-corrected chi connectivity index (χ3v) is 8.82. The minimum Gasteiger partial charge on any atom is -0.465 e. The second-order valence-corrected chi connectivity index (χ2v) is 12.1. The van der Waals surface area contributed by atoms with Crippen molar-refractivity contribution >= 4 is 29.1 Å². The second kappa shape index (κ2) is 15.4. The van der Waals surface area contributed by atoms with Crippen molar-refractivity contribution in [1.29, 1.82) is 0 Å². The molecule has 0 saturated carbocycles. The van der Waals surface area contributed by atoms with Crippen LogP contribution in [0, 0.1) is 0 Å². The van der Waals surface area contributed by atoms with E-state index in [2.05, 4.69) is 27.3 Å². The Kier molecular flexibility index (Phi) is 10.8. The number of aliphatic hydroxyl groups is 1. The summed E-state index contributed by atoms with van der Waals surface area (Å²) in [6, 6.07) is 28.3. The van der Waals surface area contributed by atoms with E-state index in [4.69, 9.17) is 0 Å². The van der Waals surface area contributed by atoms with Crippen LogP contribution in [0.5, 0.6) is 0 Å². The number of hydrogen-bond acceptors (Lipinski definition) is 6. The van der Waals surface area contributed by atoms with E-state index in [1.54, 1.807) is 11.7 Å². The molecule has 1 aromatic heterocycles. The molecule has 3 aromatic carbocycles. The standard InChI is InChI=1S/C34H39N5O4S/c40-32(31(21-27-12-6-2-7-13-27)39(34(42)43)24-30-23-35-25-44-30)22-28(20-26-10-4-1-5-11-26)36-33(41)38-18-16-37(17-19-38)29-14-8-3-9-15-29/h1-15,23,25,28,31-32,40H,16-22,24H2,(H,36,41)(H,42,43)/t28-,31-,32-/m0/s1. The van der Waals surface area contributed by atoms with Crippen molar-refractivity contribution in [3.05, 3.63) is 119 Å². The van der Waals surface area contributed by atoms with Gasteiger partial charge >= 0.3 is 12.1 Å². The Morgan fingerprint density at radius 1 is 0.864 bits per heavy atom. The van der Waals surface area contributed by atoms with E-state index < -0.39 is 24.3 Å². The number of aromatic nitrogens is 1. The fraction of sp³-hybridized carbons (Fsp3) is 0.324. The number of piperazine rings is 1. The fourth-order valence-electron chi connectivity index (χ4n) is 5.74. The number of rotatable bonds is 12. The smallest absolute Gasteiger partial charge is 0.407 e. The summed E-state index contributed by atoms with van der Waals surface area (Å²) in [7, 11) is 0. The summed E-state index contributed by atoms with van der Waals surface area (Å²) in [6.45, 7) is 2.75. The molecule has 1 saturated heterocycles. The zero-order valence-electron chi connectivity index (χ0n) is 24.6. The van der Waals surface area contributed by atoms with Crippen molar-refractivity contribution in [1.82, 2.24) is 20.1 Å². The lowest BCUT2D eigenvalue weighted by molar-refractivity contribution is 0.0347. The predicted molar refractivity (Wildman–Crippen MR) is 173 cm³/mol. The summed E-state index contributed by atoms with van der Waals surface area (Å²) in [4.78, 5) is 36.4. The SMILES string of the molecule is O=C(N[C@@H](Cc1ccccc1)C[C@H](O)[C@H](Cc1ccccc1)N(Cc1cncs1)C(=O)O)N1CCN(c2ccccc2)CC1. The number of nitrogens with zero attached hydrogens (tertiary/aromatic N) is 4. The number of carbonyl (C=O) groups excluding carboxylic acids is 1. The zero-order valence-corrected chi connectivity index (χ0v) is 25.4. The molecule has 9 nitrogen and oxygen atoms in total. The topological polar surface area (TPSA) is 109 Å². The number of hydrogen-bond donors (Lipinski definition) is 3. The van der Waals surface area contributed by atoms with Gasteiger partial charge in [0.2, 0.25) is 0 Å². The molecule has 3 N–H and O–H groups in total. The van der Waals surface area contributed by atoms with Gasteiger partial charge in [0.05, 0.1) is 24.2 Å². The summed E-state index contributed by atoms with van der Waals surface area (Å²) in [5.41, 5.74) is 4.76. The van der Waals surface area contributed by atoms with Gasteiger partial charge in [-0.25, -0.2) is 9.59 Å². The summed E-state index contributed by atoms with van der Waals surface area (Å²) in [5, 5.41) is 25.2. The van der Waals surface area contributed by atoms with Gasteiger partial charge in [0.15, 0.2) is 0 Å². The molecule has 5 rings (SSSR count). The summed E-state index contributed by atoms with van der Waals surface area (Å²) in [5.74, 6) is 0. The number of thiazole rings is 1. The molecule has 230 valence electrons. The van der Waals surface area contributed by atoms with Crippen molar-refractivity contribution in [2.24, 2.45) is 0 Å². The molecule has 3 amide bonds. The van der Waals surface area contributed by atoms with Gasteiger partial charge in [0.1, 0.15) is 0 Å². The Bertz CT molecular complexity index is 1430. The average Bonchev–Trinajstić information content (AvgIpc) is 3.57. The number of para-hydroxylation sites is 1. The van der Waals surface area contributed by atoms with E-state index in [9.17, 15) is 19.8 Å². The maximum absolute atomic E-state index is 13.5. The highest BCUT2D eigenvalue weighted by Crippen LogP contribution is 2.22. The molecule has 44 heavy (non-hydrogen) atoms. The first-order chi connectivity index (χ1) is 21.5. The fourth-order valence-corrected chi connectivity index (χ4v) is 6.33. The Hall–Kier alpha value is -4.41. The summed E-state index contributed by atoms with van der Waals surface area (Å²) in [6.07, 6.45) is 0.534. The molecule has 1 aliphatic heterocycles. The lowest BCUT2D eigenvalue weighted by atomic mass is 9.92. The van der Waals surface area contributed by atoms with Gasteiger partial charge in [-0.2, -0.15) is 0 Å². The number of benzene rings is 3. The lowest BCUT2D eigenvalue weighted by Crippen LogP contribution is -2.55. The highest BCUT2D eigenvalue weighted by molar-refractivity contribution is 7.09. The highest BCUT2D eigenvalue weighted by atomic mass is 32.1. The number of nitrogens with one attached hydrogen (secondary N) is 1. The van der Waals surface area contributed by atoms with E-state index >= 15 is 0 Å². The average molecular weight is 614 g/mol. The number of carbonyl (C=O) groups is 2. The first-order valence-electron chi connectivity index (χ1n) is 14.9. The van der Waals surface area contributed by atoms with Crippen LogP contribution in [0.3, 0.4) is 0 Å². The van der Waals surface area contributed by atoms with Crippen molar-refractivity contribution in [3.8, 4) is 0 Å². The molecule has 4 aromatic rings. The van der Waals surface area contributed by atoms with Gasteiger partial charge in [0.25, 0.3) is 0 Å². The Labute approximate surface area is 262 Å². The van der Waals surface area contributed by atoms with Gasteiger partial charge in [-0.05, 0) is 42.5 Å². The van der Waals surface area contributed by atoms with Crippen molar-refractivity contribution in [2.45, 2.75) is 44.0 Å². The van der Waals surface area contributed by atoms with E-state index in [0.717, 1.165) is 34.8 Å². The monoisotopic (exact) mass is 613 g/mol. The molecule has 0 radical (unpaired) electrons. The molecule has 2 heterocycles. The first-order valence-corrected chi connectivity index (χ1v) is 15.8. The molecule has 0 aliphatic carbocycles. The van der Waals surface area contributed by atoms with E-state index in [-0.39, 0.29) is 19.0 Å². The maximum atomic E-state index is 13.5. The van der Waals surface area contributed by atoms with Crippen LogP contribution >= 0.6 is 11.3 Å². The summed E-state index contributed by atoms with van der Waals surface area (Å²) < 4.78 is 0. The van der Waals surface area contributed by atoms with Gasteiger partial charge in [0, 0.05) is 49.0 Å². The highest BCUT2D eigenvalue weighted by Gasteiger charge is 2.33. The van der Waals surface area contributed by atoms with Crippen molar-refractivity contribution in [2.75, 3.05) is 31.1 Å². The van der Waals surface area contributed by atoms with E-state index in [1.807, 2.05) is 83.8 Å². The molecule has 10 heteroatoms. The number of amides is 3. The second-order valence-electron chi connectivity index (χ2n) is 11.1. The van der Waals surface area contributed by atoms with Crippen LogP contribution in [0.25, 0.3) is 0 Å². The maximum Gasteiger partial charge on any atom is 0.407 e. The molecular weight excluding hydrogens is 574 g/mol. The summed E-state index contributed by atoms with van der Waals surface area (Å²) >= 11 is 1.38. The third kappa shape index (κ3) is 8.58. The lowest BCUT2D eigenvalue weighted by Gasteiger charge is -2.38. The molecule has 3 atom stereocenters. The van der Waals surface area contributed by atoms with Crippen molar-refractivity contribution in [3.63, 3.8) is 0 Å². The predicted octanol–water partition coefficient (Wildman–Crippen LogP) is 5.13. The van der Waals surface area contributed by atoms with Crippen molar-refractivity contribution < 1.29 is 19.8 Å². The number of aliphatic hydroxyl groups excluding tert-OH is 1. The molecule has 1 aliphatic rings. The van der Waals surface area contributed by atoms with E-state index in [1.165, 1.54) is 16.2 Å². The van der Waals surface area contributed by atoms with Gasteiger partial charge < -0.3 is 25.3 Å². The number of urea groups is 1. The Morgan fingerprint density at radius 2 is 1.45 bits per heavy atom. The largest absolute Gasteiger partial charge is 0.465 e. The Balaban J connectivity index is 1.32.